The summed E-state index contributed by atoms with van der Waals surface area (Å²) in [6.07, 6.45) is 0. The van der Waals surface area contributed by atoms with Crippen LogP contribution in [0.2, 0.25) is 0 Å². The van der Waals surface area contributed by atoms with Gasteiger partial charge in [-0.15, -0.1) is 0 Å². The van der Waals surface area contributed by atoms with Gasteiger partial charge in [0.05, 0.1) is 22.1 Å². The van der Waals surface area contributed by atoms with Gasteiger partial charge in [-0.1, -0.05) is 91.0 Å². The average Bonchev–Trinajstić information content (AvgIpc) is 3.66. The quantitative estimate of drug-likeness (QED) is 0.285. The van der Waals surface area contributed by atoms with Crippen molar-refractivity contribution in [1.82, 2.24) is 24.3 Å². The van der Waals surface area contributed by atoms with Gasteiger partial charge in [0.25, 0.3) is 0 Å². The first kappa shape index (κ1) is 20.1. The fraction of sp³-hybridized carbons (Fsp3) is 0. The molecule has 0 radical (unpaired) electrons. The van der Waals surface area contributed by atoms with Crippen molar-refractivity contribution in [2.24, 2.45) is 0 Å². The van der Waals surface area contributed by atoms with E-state index in [0.29, 0.717) is 11.8 Å². The maximum atomic E-state index is 4.96. The van der Waals surface area contributed by atoms with Crippen LogP contribution in [0.25, 0.3) is 66.6 Å². The summed E-state index contributed by atoms with van der Waals surface area (Å²) < 4.78 is 4.58. The Bertz CT molecular complexity index is 2080. The Labute approximate surface area is 212 Å². The monoisotopic (exact) mass is 475 g/mol. The van der Waals surface area contributed by atoms with Crippen molar-refractivity contribution in [2.45, 2.75) is 0 Å². The van der Waals surface area contributed by atoms with E-state index >= 15 is 0 Å². The lowest BCUT2D eigenvalue weighted by Gasteiger charge is -2.08. The summed E-state index contributed by atoms with van der Waals surface area (Å²) in [5, 5.41) is 12.6. The van der Waals surface area contributed by atoms with E-state index in [4.69, 9.17) is 4.98 Å². The molecule has 0 saturated heterocycles. The van der Waals surface area contributed by atoms with Crippen LogP contribution in [-0.2, 0) is 0 Å². The number of para-hydroxylation sites is 3. The second-order valence-electron chi connectivity index (χ2n) is 9.25. The SMILES string of the molecule is c1ccc(-c2n[nH]c(-n3c4ccccc4c4ccc5c(c6ccccc6n5-c5ccccc5)c43)n2)cc1. The number of fused-ring (bicyclic) bond motifs is 7. The van der Waals surface area contributed by atoms with Crippen molar-refractivity contribution in [3.05, 3.63) is 121 Å². The zero-order valence-electron chi connectivity index (χ0n) is 19.8. The van der Waals surface area contributed by atoms with E-state index < -0.39 is 0 Å². The highest BCUT2D eigenvalue weighted by molar-refractivity contribution is 6.26. The maximum Gasteiger partial charge on any atom is 0.231 e. The molecular weight excluding hydrogens is 454 g/mol. The Hall–Kier alpha value is -5.16. The Morgan fingerprint density at radius 3 is 1.95 bits per heavy atom. The molecule has 0 fully saturated rings. The molecule has 5 heteroatoms. The van der Waals surface area contributed by atoms with Crippen LogP contribution in [0, 0.1) is 0 Å². The molecule has 0 spiro atoms. The van der Waals surface area contributed by atoms with Crippen molar-refractivity contribution in [3.8, 4) is 23.0 Å². The molecule has 0 unspecified atom stereocenters. The number of aromatic nitrogens is 5. The van der Waals surface area contributed by atoms with Crippen LogP contribution < -0.4 is 0 Å². The van der Waals surface area contributed by atoms with Crippen LogP contribution >= 0.6 is 0 Å². The molecule has 0 bridgehead atoms. The summed E-state index contributed by atoms with van der Waals surface area (Å²) >= 11 is 0. The molecule has 8 aromatic rings. The summed E-state index contributed by atoms with van der Waals surface area (Å²) in [4.78, 5) is 4.96. The van der Waals surface area contributed by atoms with Crippen LogP contribution in [0.3, 0.4) is 0 Å². The molecular formula is C32H21N5. The van der Waals surface area contributed by atoms with Crippen LogP contribution in [0.5, 0.6) is 0 Å². The highest BCUT2D eigenvalue weighted by Gasteiger charge is 2.21. The van der Waals surface area contributed by atoms with Gasteiger partial charge in [0.15, 0.2) is 5.82 Å². The minimum atomic E-state index is 0.681. The molecule has 0 aliphatic heterocycles. The van der Waals surface area contributed by atoms with E-state index in [-0.39, 0.29) is 0 Å². The molecule has 0 atom stereocenters. The number of hydrogen-bond acceptors (Lipinski definition) is 2. The molecule has 0 amide bonds. The molecule has 0 aliphatic rings. The smallest absolute Gasteiger partial charge is 0.231 e. The topological polar surface area (TPSA) is 51.4 Å². The maximum absolute atomic E-state index is 4.96. The summed E-state index contributed by atoms with van der Waals surface area (Å²) in [5.41, 5.74) is 6.68. The predicted octanol–water partition coefficient (Wildman–Crippen LogP) is 7.67. The summed E-state index contributed by atoms with van der Waals surface area (Å²) in [7, 11) is 0. The molecule has 0 aliphatic carbocycles. The normalized spacial score (nSPS) is 11.8. The van der Waals surface area contributed by atoms with Crippen LogP contribution in [-0.4, -0.2) is 24.3 Å². The van der Waals surface area contributed by atoms with Crippen molar-refractivity contribution in [1.29, 1.82) is 0 Å². The number of aromatic amines is 1. The van der Waals surface area contributed by atoms with Crippen molar-refractivity contribution in [2.75, 3.05) is 0 Å². The van der Waals surface area contributed by atoms with Gasteiger partial charge in [-0.25, -0.2) is 5.10 Å². The molecule has 0 saturated carbocycles. The second-order valence-corrected chi connectivity index (χ2v) is 9.25. The third-order valence-corrected chi connectivity index (χ3v) is 7.20. The van der Waals surface area contributed by atoms with Crippen LogP contribution in [0.1, 0.15) is 0 Å². The van der Waals surface area contributed by atoms with Crippen LogP contribution in [0.4, 0.5) is 0 Å². The third kappa shape index (κ3) is 2.85. The highest BCUT2D eigenvalue weighted by atomic mass is 15.3. The van der Waals surface area contributed by atoms with Gasteiger partial charge in [-0.05, 0) is 30.3 Å². The van der Waals surface area contributed by atoms with Gasteiger partial charge in [0, 0.05) is 32.8 Å². The molecule has 3 aromatic heterocycles. The number of benzene rings is 5. The van der Waals surface area contributed by atoms with Crippen molar-refractivity contribution >= 4 is 43.6 Å². The zero-order chi connectivity index (χ0) is 24.3. The first-order valence-electron chi connectivity index (χ1n) is 12.4. The molecule has 174 valence electrons. The fourth-order valence-electron chi connectivity index (χ4n) is 5.65. The minimum Gasteiger partial charge on any atom is -0.309 e. The molecule has 5 aromatic carbocycles. The molecule has 1 N–H and O–H groups in total. The van der Waals surface area contributed by atoms with E-state index in [9.17, 15) is 0 Å². The molecule has 8 rings (SSSR count). The first-order chi connectivity index (χ1) is 18.4. The largest absolute Gasteiger partial charge is 0.309 e. The standard InChI is InChI=1S/C32H21N5/c1-3-11-21(12-4-1)31-33-32(35-34-31)37-26-17-9-7-15-23(26)24-19-20-28-29(30(24)37)25-16-8-10-18-27(25)36(28)22-13-5-2-6-14-22/h1-20H,(H,33,34,35). The number of nitrogens with one attached hydrogen (secondary N) is 1. The van der Waals surface area contributed by atoms with Gasteiger partial charge in [-0.3, -0.25) is 4.57 Å². The number of nitrogens with zero attached hydrogens (tertiary/aromatic N) is 4. The van der Waals surface area contributed by atoms with Gasteiger partial charge < -0.3 is 4.57 Å². The van der Waals surface area contributed by atoms with Crippen molar-refractivity contribution < 1.29 is 0 Å². The van der Waals surface area contributed by atoms with Crippen molar-refractivity contribution in [3.63, 3.8) is 0 Å². The van der Waals surface area contributed by atoms with Gasteiger partial charge in [-0.2, -0.15) is 10.1 Å². The second kappa shape index (κ2) is 7.67. The number of hydrogen-bond donors (Lipinski definition) is 1. The van der Waals surface area contributed by atoms with E-state index in [1.807, 2.05) is 30.3 Å². The van der Waals surface area contributed by atoms with E-state index in [2.05, 4.69) is 110 Å². The number of H-pyrrole nitrogens is 1. The minimum absolute atomic E-state index is 0.681. The van der Waals surface area contributed by atoms with E-state index in [1.165, 1.54) is 27.1 Å². The van der Waals surface area contributed by atoms with Gasteiger partial charge >= 0.3 is 0 Å². The van der Waals surface area contributed by atoms with E-state index in [0.717, 1.165) is 27.8 Å². The zero-order valence-corrected chi connectivity index (χ0v) is 19.8. The first-order valence-corrected chi connectivity index (χ1v) is 12.4. The predicted molar refractivity (Wildman–Crippen MR) is 150 cm³/mol. The Morgan fingerprint density at radius 1 is 0.514 bits per heavy atom. The van der Waals surface area contributed by atoms with E-state index in [1.54, 1.807) is 0 Å². The van der Waals surface area contributed by atoms with Gasteiger partial charge in [0.2, 0.25) is 5.95 Å². The Balaban J connectivity index is 1.54. The lowest BCUT2D eigenvalue weighted by Crippen LogP contribution is -1.97. The highest BCUT2D eigenvalue weighted by Crippen LogP contribution is 2.41. The molecule has 37 heavy (non-hydrogen) atoms. The number of rotatable bonds is 3. The summed E-state index contributed by atoms with van der Waals surface area (Å²) in [6, 6.07) is 42.3. The van der Waals surface area contributed by atoms with Crippen LogP contribution in [0.15, 0.2) is 121 Å². The summed E-state index contributed by atoms with van der Waals surface area (Å²) in [5.74, 6) is 1.38. The van der Waals surface area contributed by atoms with Gasteiger partial charge in [0.1, 0.15) is 0 Å². The fourth-order valence-corrected chi connectivity index (χ4v) is 5.65. The Morgan fingerprint density at radius 2 is 1.16 bits per heavy atom. The average molecular weight is 476 g/mol. The molecule has 5 nitrogen and oxygen atoms in total. The lowest BCUT2D eigenvalue weighted by atomic mass is 10.1. The summed E-state index contributed by atoms with van der Waals surface area (Å²) in [6.45, 7) is 0. The Kier molecular flexibility index (Phi) is 4.16. The lowest BCUT2D eigenvalue weighted by molar-refractivity contribution is 0.992. The third-order valence-electron chi connectivity index (χ3n) is 7.20. The molecule has 3 heterocycles.